The Morgan fingerprint density at radius 2 is 1.86 bits per heavy atom. The van der Waals surface area contributed by atoms with E-state index in [-0.39, 0.29) is 12.2 Å². The first kappa shape index (κ1) is 26.4. The molecule has 0 atom stereocenters. The van der Waals surface area contributed by atoms with Gasteiger partial charge in [-0.2, -0.15) is 5.26 Å². The maximum absolute atomic E-state index is 12.7. The number of ether oxygens (including phenoxy) is 3. The Hall–Kier alpha value is -3.18. The minimum Gasteiger partial charge on any atom is -0.492 e. The van der Waals surface area contributed by atoms with Crippen LogP contribution in [0.15, 0.2) is 64.6 Å². The number of hydrogen-bond donors (Lipinski definition) is 1. The van der Waals surface area contributed by atoms with Gasteiger partial charge in [-0.05, 0) is 83.0 Å². The molecule has 3 aromatic rings. The summed E-state index contributed by atoms with van der Waals surface area (Å²) in [6.07, 6.45) is 1.48. The molecule has 0 spiro atoms. The third-order valence-corrected chi connectivity index (χ3v) is 5.91. The Bertz CT molecular complexity index is 1290. The lowest BCUT2D eigenvalue weighted by atomic mass is 10.1. The number of halogens is 3. The van der Waals surface area contributed by atoms with Crippen LogP contribution >= 0.6 is 39.1 Å². The second-order valence-electron chi connectivity index (χ2n) is 7.14. The van der Waals surface area contributed by atoms with Crippen molar-refractivity contribution in [3.63, 3.8) is 0 Å². The lowest BCUT2D eigenvalue weighted by Gasteiger charge is -2.12. The van der Waals surface area contributed by atoms with Gasteiger partial charge in [-0.25, -0.2) is 0 Å². The molecule has 0 aliphatic carbocycles. The predicted molar refractivity (Wildman–Crippen MR) is 141 cm³/mol. The summed E-state index contributed by atoms with van der Waals surface area (Å²) in [4.78, 5) is 12.7. The van der Waals surface area contributed by atoms with Crippen LogP contribution < -0.4 is 19.5 Å². The highest BCUT2D eigenvalue weighted by atomic mass is 79.9. The number of anilines is 1. The average Bonchev–Trinajstić information content (AvgIpc) is 2.83. The number of benzene rings is 3. The Morgan fingerprint density at radius 3 is 2.49 bits per heavy atom. The maximum atomic E-state index is 12.7. The van der Waals surface area contributed by atoms with E-state index in [1.807, 2.05) is 13.0 Å². The monoisotopic (exact) mass is 574 g/mol. The number of nitriles is 1. The molecule has 0 aliphatic rings. The third kappa shape index (κ3) is 7.15. The molecule has 0 aromatic heterocycles. The van der Waals surface area contributed by atoms with Gasteiger partial charge in [-0.3, -0.25) is 4.79 Å². The van der Waals surface area contributed by atoms with Crippen LogP contribution in [0.1, 0.15) is 18.1 Å². The molecule has 0 bridgehead atoms. The van der Waals surface area contributed by atoms with E-state index in [1.165, 1.54) is 13.2 Å². The quantitative estimate of drug-likeness (QED) is 0.214. The number of amides is 1. The largest absolute Gasteiger partial charge is 0.492 e. The topological polar surface area (TPSA) is 80.6 Å². The van der Waals surface area contributed by atoms with Crippen molar-refractivity contribution in [3.8, 4) is 23.3 Å². The molecule has 0 saturated carbocycles. The van der Waals surface area contributed by atoms with E-state index in [0.717, 1.165) is 5.56 Å². The van der Waals surface area contributed by atoms with Crippen molar-refractivity contribution in [1.29, 1.82) is 5.26 Å². The predicted octanol–water partition coefficient (Wildman–Crippen LogP) is 7.29. The summed E-state index contributed by atoms with van der Waals surface area (Å²) in [6.45, 7) is 2.56. The van der Waals surface area contributed by atoms with E-state index in [2.05, 4.69) is 21.2 Å². The van der Waals surface area contributed by atoms with Crippen LogP contribution in [-0.2, 0) is 11.4 Å². The average molecular weight is 576 g/mol. The van der Waals surface area contributed by atoms with Crippen LogP contribution in [0.5, 0.6) is 17.2 Å². The molecule has 9 heteroatoms. The fraction of sp³-hybridized carbons (Fsp3) is 0.154. The van der Waals surface area contributed by atoms with Gasteiger partial charge in [-0.15, -0.1) is 0 Å². The molecule has 0 saturated heterocycles. The highest BCUT2D eigenvalue weighted by molar-refractivity contribution is 9.10. The van der Waals surface area contributed by atoms with Crippen LogP contribution in [-0.4, -0.2) is 19.6 Å². The van der Waals surface area contributed by atoms with Gasteiger partial charge in [0.1, 0.15) is 24.0 Å². The van der Waals surface area contributed by atoms with Gasteiger partial charge < -0.3 is 19.5 Å². The summed E-state index contributed by atoms with van der Waals surface area (Å²) >= 11 is 15.5. The smallest absolute Gasteiger partial charge is 0.266 e. The molecule has 0 aliphatic heterocycles. The molecule has 3 rings (SSSR count). The molecule has 0 radical (unpaired) electrons. The van der Waals surface area contributed by atoms with E-state index in [9.17, 15) is 10.1 Å². The molecular weight excluding hydrogens is 555 g/mol. The van der Waals surface area contributed by atoms with E-state index >= 15 is 0 Å². The fourth-order valence-corrected chi connectivity index (χ4v) is 4.16. The summed E-state index contributed by atoms with van der Waals surface area (Å²) in [5.41, 5.74) is 1.86. The summed E-state index contributed by atoms with van der Waals surface area (Å²) < 4.78 is 17.3. The first-order chi connectivity index (χ1) is 16.8. The molecule has 1 N–H and O–H groups in total. The summed E-state index contributed by atoms with van der Waals surface area (Å²) in [7, 11) is 1.54. The molecule has 6 nitrogen and oxygen atoms in total. The summed E-state index contributed by atoms with van der Waals surface area (Å²) in [6, 6.07) is 17.4. The standard InChI is InChI=1S/C26H21BrCl2N2O4/c1-3-34-24-12-16(11-22(27)25(24)33-2)10-18(14-30)26(32)31-20-6-8-21(9-7-20)35-15-17-4-5-19(28)13-23(17)29/h4-13H,3,15H2,1-2H3,(H,31,32)/b18-10+. The van der Waals surface area contributed by atoms with Gasteiger partial charge in [0.2, 0.25) is 0 Å². The van der Waals surface area contributed by atoms with Crippen LogP contribution in [0.3, 0.4) is 0 Å². The van der Waals surface area contributed by atoms with Crippen molar-refractivity contribution >= 4 is 56.8 Å². The highest BCUT2D eigenvalue weighted by Gasteiger charge is 2.14. The van der Waals surface area contributed by atoms with Crippen LogP contribution in [0.4, 0.5) is 5.69 Å². The molecular formula is C26H21BrCl2N2O4. The van der Waals surface area contributed by atoms with E-state index in [1.54, 1.807) is 54.6 Å². The molecule has 0 unspecified atom stereocenters. The normalized spacial score (nSPS) is 10.9. The Labute approximate surface area is 222 Å². The number of methoxy groups -OCH3 is 1. The van der Waals surface area contributed by atoms with E-state index in [0.29, 0.717) is 49.6 Å². The fourth-order valence-electron chi connectivity index (χ4n) is 3.08. The van der Waals surface area contributed by atoms with Crippen molar-refractivity contribution in [3.05, 3.63) is 85.8 Å². The van der Waals surface area contributed by atoms with Crippen LogP contribution in [0, 0.1) is 11.3 Å². The minimum absolute atomic E-state index is 0.0674. The number of hydrogen-bond acceptors (Lipinski definition) is 5. The second-order valence-corrected chi connectivity index (χ2v) is 8.84. The maximum Gasteiger partial charge on any atom is 0.266 e. The lowest BCUT2D eigenvalue weighted by molar-refractivity contribution is -0.112. The van der Waals surface area contributed by atoms with Crippen molar-refractivity contribution in [2.75, 3.05) is 19.0 Å². The minimum atomic E-state index is -0.543. The van der Waals surface area contributed by atoms with E-state index < -0.39 is 5.91 Å². The zero-order chi connectivity index (χ0) is 25.4. The summed E-state index contributed by atoms with van der Waals surface area (Å²) in [5, 5.41) is 13.3. The SMILES string of the molecule is CCOc1cc(/C=C(\C#N)C(=O)Nc2ccc(OCc3ccc(Cl)cc3Cl)cc2)cc(Br)c1OC. The van der Waals surface area contributed by atoms with Gasteiger partial charge in [0.05, 0.1) is 18.2 Å². The Balaban J connectivity index is 1.69. The van der Waals surface area contributed by atoms with Gasteiger partial charge in [-0.1, -0.05) is 29.3 Å². The first-order valence-corrected chi connectivity index (χ1v) is 12.0. The van der Waals surface area contributed by atoms with Crippen molar-refractivity contribution in [1.82, 2.24) is 0 Å². The number of carbonyl (C=O) groups is 1. The van der Waals surface area contributed by atoms with Crippen LogP contribution in [0.2, 0.25) is 10.0 Å². The van der Waals surface area contributed by atoms with Gasteiger partial charge >= 0.3 is 0 Å². The van der Waals surface area contributed by atoms with Crippen molar-refractivity contribution in [2.45, 2.75) is 13.5 Å². The molecule has 3 aromatic carbocycles. The summed E-state index contributed by atoms with van der Waals surface area (Å²) in [5.74, 6) is 1.09. The Kier molecular flexibility index (Phi) is 9.44. The van der Waals surface area contributed by atoms with Gasteiger partial charge in [0, 0.05) is 21.3 Å². The number of nitrogens with zero attached hydrogens (tertiary/aromatic N) is 1. The van der Waals surface area contributed by atoms with E-state index in [4.69, 9.17) is 37.4 Å². The number of nitrogens with one attached hydrogen (secondary N) is 1. The second kappa shape index (κ2) is 12.5. The third-order valence-electron chi connectivity index (χ3n) is 4.73. The van der Waals surface area contributed by atoms with Gasteiger partial charge in [0.25, 0.3) is 5.91 Å². The molecule has 180 valence electrons. The molecule has 0 fully saturated rings. The van der Waals surface area contributed by atoms with Crippen molar-refractivity contribution < 1.29 is 19.0 Å². The lowest BCUT2D eigenvalue weighted by Crippen LogP contribution is -2.13. The number of rotatable bonds is 9. The zero-order valence-corrected chi connectivity index (χ0v) is 22.0. The first-order valence-electron chi connectivity index (χ1n) is 10.4. The highest BCUT2D eigenvalue weighted by Crippen LogP contribution is 2.37. The van der Waals surface area contributed by atoms with Crippen LogP contribution in [0.25, 0.3) is 6.08 Å². The molecule has 1 amide bonds. The van der Waals surface area contributed by atoms with Gasteiger partial charge in [0.15, 0.2) is 11.5 Å². The molecule has 35 heavy (non-hydrogen) atoms. The van der Waals surface area contributed by atoms with Crippen molar-refractivity contribution in [2.24, 2.45) is 0 Å². The number of carbonyl (C=O) groups excluding carboxylic acids is 1. The zero-order valence-electron chi connectivity index (χ0n) is 18.9. The Morgan fingerprint density at radius 1 is 1.11 bits per heavy atom. The molecule has 0 heterocycles.